The molecule has 0 aliphatic heterocycles. The molecular formula is C17H12ClN3OS. The zero-order valence-electron chi connectivity index (χ0n) is 11.9. The van der Waals surface area contributed by atoms with Crippen molar-refractivity contribution in [3.8, 4) is 11.3 Å². The van der Waals surface area contributed by atoms with Crippen molar-refractivity contribution in [2.24, 2.45) is 0 Å². The molecule has 0 saturated carbocycles. The van der Waals surface area contributed by atoms with Crippen molar-refractivity contribution in [1.82, 2.24) is 9.97 Å². The number of hydrogen-bond donors (Lipinski definition) is 1. The second-order valence-corrected chi connectivity index (χ2v) is 5.89. The number of thiazole rings is 1. The fraction of sp³-hybridized carbons (Fsp3) is 0. The van der Waals surface area contributed by atoms with Gasteiger partial charge >= 0.3 is 0 Å². The molecule has 2 aromatic heterocycles. The average Bonchev–Trinajstić information content (AvgIpc) is 3.03. The van der Waals surface area contributed by atoms with Crippen LogP contribution in [0.25, 0.3) is 17.3 Å². The number of rotatable bonds is 4. The van der Waals surface area contributed by atoms with Crippen LogP contribution in [0.2, 0.25) is 5.02 Å². The number of amides is 1. The molecule has 0 bridgehead atoms. The summed E-state index contributed by atoms with van der Waals surface area (Å²) in [7, 11) is 0. The molecule has 1 N–H and O–H groups in total. The van der Waals surface area contributed by atoms with Crippen molar-refractivity contribution in [2.45, 2.75) is 0 Å². The van der Waals surface area contributed by atoms with Gasteiger partial charge in [0.05, 0.1) is 5.69 Å². The summed E-state index contributed by atoms with van der Waals surface area (Å²) in [6.07, 6.45) is 6.55. The van der Waals surface area contributed by atoms with Gasteiger partial charge in [0.1, 0.15) is 0 Å². The van der Waals surface area contributed by atoms with Crippen LogP contribution in [0.4, 0.5) is 5.13 Å². The number of aromatic nitrogens is 2. The van der Waals surface area contributed by atoms with E-state index in [1.807, 2.05) is 35.7 Å². The Morgan fingerprint density at radius 1 is 1.22 bits per heavy atom. The number of pyridine rings is 1. The summed E-state index contributed by atoms with van der Waals surface area (Å²) >= 11 is 7.41. The lowest BCUT2D eigenvalue weighted by atomic mass is 10.2. The van der Waals surface area contributed by atoms with E-state index in [1.165, 1.54) is 17.4 Å². The maximum atomic E-state index is 12.0. The Morgan fingerprint density at radius 2 is 2.09 bits per heavy atom. The lowest BCUT2D eigenvalue weighted by molar-refractivity contribution is -0.111. The largest absolute Gasteiger partial charge is 0.298 e. The summed E-state index contributed by atoms with van der Waals surface area (Å²) in [6, 6.07) is 11.1. The second-order valence-electron chi connectivity index (χ2n) is 4.62. The van der Waals surface area contributed by atoms with E-state index in [9.17, 15) is 4.79 Å². The summed E-state index contributed by atoms with van der Waals surface area (Å²) in [4.78, 5) is 20.4. The number of carbonyl (C=O) groups is 1. The molecule has 0 fully saturated rings. The van der Waals surface area contributed by atoms with Crippen molar-refractivity contribution in [1.29, 1.82) is 0 Å². The van der Waals surface area contributed by atoms with Gasteiger partial charge in [-0.3, -0.25) is 15.1 Å². The summed E-state index contributed by atoms with van der Waals surface area (Å²) in [5.41, 5.74) is 2.49. The number of halogens is 1. The Hall–Kier alpha value is -2.50. The van der Waals surface area contributed by atoms with Crippen LogP contribution in [-0.2, 0) is 4.79 Å². The fourth-order valence-corrected chi connectivity index (χ4v) is 2.82. The molecule has 0 aliphatic carbocycles. The van der Waals surface area contributed by atoms with E-state index in [1.54, 1.807) is 24.5 Å². The van der Waals surface area contributed by atoms with Crippen molar-refractivity contribution in [3.05, 3.63) is 70.8 Å². The zero-order chi connectivity index (χ0) is 16.1. The Labute approximate surface area is 142 Å². The minimum Gasteiger partial charge on any atom is -0.298 e. The van der Waals surface area contributed by atoms with Gasteiger partial charge in [0.15, 0.2) is 5.13 Å². The van der Waals surface area contributed by atoms with E-state index in [0.717, 1.165) is 16.8 Å². The second kappa shape index (κ2) is 7.17. The highest BCUT2D eigenvalue weighted by molar-refractivity contribution is 7.14. The molecule has 0 unspecified atom stereocenters. The van der Waals surface area contributed by atoms with Gasteiger partial charge in [-0.15, -0.1) is 11.3 Å². The van der Waals surface area contributed by atoms with Crippen LogP contribution >= 0.6 is 22.9 Å². The Kier molecular flexibility index (Phi) is 4.80. The number of nitrogens with one attached hydrogen (secondary N) is 1. The molecule has 114 valence electrons. The molecule has 0 atom stereocenters. The van der Waals surface area contributed by atoms with Crippen LogP contribution in [0, 0.1) is 0 Å². The van der Waals surface area contributed by atoms with Crippen LogP contribution in [0.1, 0.15) is 5.56 Å². The van der Waals surface area contributed by atoms with Gasteiger partial charge in [-0.05, 0) is 29.8 Å². The van der Waals surface area contributed by atoms with E-state index in [-0.39, 0.29) is 5.91 Å². The highest BCUT2D eigenvalue weighted by Gasteiger charge is 2.06. The first-order valence-corrected chi connectivity index (χ1v) is 8.07. The predicted octanol–water partition coefficient (Wildman–Crippen LogP) is 4.51. The summed E-state index contributed by atoms with van der Waals surface area (Å²) < 4.78 is 0. The first kappa shape index (κ1) is 15.4. The zero-order valence-corrected chi connectivity index (χ0v) is 13.5. The van der Waals surface area contributed by atoms with E-state index in [4.69, 9.17) is 11.6 Å². The highest BCUT2D eigenvalue weighted by atomic mass is 35.5. The monoisotopic (exact) mass is 341 g/mol. The van der Waals surface area contributed by atoms with Crippen molar-refractivity contribution < 1.29 is 4.79 Å². The van der Waals surface area contributed by atoms with Crippen LogP contribution in [-0.4, -0.2) is 15.9 Å². The van der Waals surface area contributed by atoms with Gasteiger partial charge in [0, 0.05) is 34.4 Å². The standard InChI is InChI=1S/C17H12ClN3OS/c18-14-6-2-1-4-12(14)7-8-16(22)21-17-20-15(11-23-17)13-5-3-9-19-10-13/h1-11H,(H,20,21,22)/b8-7+. The molecule has 1 amide bonds. The molecule has 3 rings (SSSR count). The smallest absolute Gasteiger partial charge is 0.250 e. The normalized spacial score (nSPS) is 10.8. The number of carbonyl (C=O) groups excluding carboxylic acids is 1. The average molecular weight is 342 g/mol. The van der Waals surface area contributed by atoms with E-state index in [2.05, 4.69) is 15.3 Å². The van der Waals surface area contributed by atoms with Crippen molar-refractivity contribution in [3.63, 3.8) is 0 Å². The van der Waals surface area contributed by atoms with Crippen molar-refractivity contribution >= 4 is 40.1 Å². The van der Waals surface area contributed by atoms with Gasteiger partial charge in [0.2, 0.25) is 5.91 Å². The molecule has 0 aliphatic rings. The summed E-state index contributed by atoms with van der Waals surface area (Å²) in [5, 5.41) is 5.76. The molecule has 23 heavy (non-hydrogen) atoms. The third-order valence-electron chi connectivity index (χ3n) is 3.01. The molecule has 0 radical (unpaired) electrons. The third kappa shape index (κ3) is 4.03. The van der Waals surface area contributed by atoms with Gasteiger partial charge in [-0.2, -0.15) is 0 Å². The molecule has 0 spiro atoms. The minimum absolute atomic E-state index is 0.253. The highest BCUT2D eigenvalue weighted by Crippen LogP contribution is 2.24. The first-order valence-electron chi connectivity index (χ1n) is 6.82. The Morgan fingerprint density at radius 3 is 2.87 bits per heavy atom. The molecular weight excluding hydrogens is 330 g/mol. The molecule has 1 aromatic carbocycles. The predicted molar refractivity (Wildman–Crippen MR) is 94.5 cm³/mol. The minimum atomic E-state index is -0.253. The Balaban J connectivity index is 1.67. The molecule has 0 saturated heterocycles. The van der Waals surface area contributed by atoms with Gasteiger partial charge in [0.25, 0.3) is 0 Å². The molecule has 2 heterocycles. The lowest BCUT2D eigenvalue weighted by Crippen LogP contribution is -2.07. The van der Waals surface area contributed by atoms with E-state index in [0.29, 0.717) is 10.2 Å². The van der Waals surface area contributed by atoms with E-state index >= 15 is 0 Å². The molecule has 3 aromatic rings. The SMILES string of the molecule is O=C(/C=C/c1ccccc1Cl)Nc1nc(-c2cccnc2)cs1. The first-order chi connectivity index (χ1) is 11.2. The maximum Gasteiger partial charge on any atom is 0.250 e. The van der Waals surface area contributed by atoms with Crippen LogP contribution in [0.15, 0.2) is 60.2 Å². The van der Waals surface area contributed by atoms with Crippen LogP contribution < -0.4 is 5.32 Å². The number of benzene rings is 1. The third-order valence-corrected chi connectivity index (χ3v) is 4.11. The number of nitrogens with zero attached hydrogens (tertiary/aromatic N) is 2. The summed E-state index contributed by atoms with van der Waals surface area (Å²) in [5.74, 6) is -0.253. The maximum absolute atomic E-state index is 12.0. The molecule has 6 heteroatoms. The number of hydrogen-bond acceptors (Lipinski definition) is 4. The Bertz CT molecular complexity index is 846. The van der Waals surface area contributed by atoms with Gasteiger partial charge < -0.3 is 0 Å². The van der Waals surface area contributed by atoms with Gasteiger partial charge in [-0.1, -0.05) is 29.8 Å². The van der Waals surface area contributed by atoms with Crippen molar-refractivity contribution in [2.75, 3.05) is 5.32 Å². The number of anilines is 1. The fourth-order valence-electron chi connectivity index (χ4n) is 1.90. The van der Waals surface area contributed by atoms with Crippen LogP contribution in [0.3, 0.4) is 0 Å². The van der Waals surface area contributed by atoms with E-state index < -0.39 is 0 Å². The molecule has 4 nitrogen and oxygen atoms in total. The quantitative estimate of drug-likeness (QED) is 0.710. The van der Waals surface area contributed by atoms with Gasteiger partial charge in [-0.25, -0.2) is 4.98 Å². The lowest BCUT2D eigenvalue weighted by Gasteiger charge is -1.98. The van der Waals surface area contributed by atoms with Crippen LogP contribution in [0.5, 0.6) is 0 Å². The topological polar surface area (TPSA) is 54.9 Å². The summed E-state index contributed by atoms with van der Waals surface area (Å²) in [6.45, 7) is 0.